The molecule has 1 fully saturated rings. The normalized spacial score (nSPS) is 22.6. The Morgan fingerprint density at radius 2 is 1.31 bits per heavy atom. The van der Waals surface area contributed by atoms with Crippen molar-refractivity contribution >= 4 is 39.9 Å². The SMILES string of the molecule is CC(=O)O[C@H]1[C@H](O)[C@@H](O[C@H](CN=Cc2c(O)cc(O)c3ccccc23)[C@@H](CO)O[C@H](O)CN=Cc2c(O)cc(O)c3ccccc23)O[C@@H](CO)[C@@H]1O. The van der Waals surface area contributed by atoms with E-state index in [2.05, 4.69) is 9.98 Å². The molecule has 278 valence electrons. The van der Waals surface area contributed by atoms with Gasteiger partial charge in [-0.25, -0.2) is 0 Å². The third kappa shape index (κ3) is 8.58. The smallest absolute Gasteiger partial charge is 0.303 e. The number of hydrogen-bond acceptors (Lipinski definition) is 16. The van der Waals surface area contributed by atoms with Crippen molar-refractivity contribution < 1.29 is 69.7 Å². The summed E-state index contributed by atoms with van der Waals surface area (Å²) in [4.78, 5) is 20.2. The van der Waals surface area contributed by atoms with Crippen molar-refractivity contribution in [3.8, 4) is 23.0 Å². The van der Waals surface area contributed by atoms with E-state index in [4.69, 9.17) is 18.9 Å². The molecule has 9 N–H and O–H groups in total. The number of carbonyl (C=O) groups is 1. The Morgan fingerprint density at radius 1 is 0.788 bits per heavy atom. The number of aliphatic hydroxyl groups is 5. The van der Waals surface area contributed by atoms with E-state index in [1.54, 1.807) is 48.5 Å². The molecule has 4 aromatic carbocycles. The Kier molecular flexibility index (Phi) is 12.6. The van der Waals surface area contributed by atoms with Gasteiger partial charge in [-0.2, -0.15) is 0 Å². The van der Waals surface area contributed by atoms with Crippen LogP contribution in [0.15, 0.2) is 70.6 Å². The van der Waals surface area contributed by atoms with Crippen LogP contribution in [0.3, 0.4) is 0 Å². The van der Waals surface area contributed by atoms with Crippen molar-refractivity contribution in [1.29, 1.82) is 0 Å². The maximum Gasteiger partial charge on any atom is 0.303 e. The van der Waals surface area contributed by atoms with Gasteiger partial charge in [0.05, 0.1) is 26.3 Å². The van der Waals surface area contributed by atoms with Gasteiger partial charge in [0.25, 0.3) is 0 Å². The van der Waals surface area contributed by atoms with E-state index < -0.39 is 74.9 Å². The molecule has 0 aliphatic carbocycles. The lowest BCUT2D eigenvalue weighted by molar-refractivity contribution is -0.322. The molecule has 0 amide bonds. The second kappa shape index (κ2) is 17.1. The Labute approximate surface area is 296 Å². The third-order valence-electron chi connectivity index (χ3n) is 8.43. The van der Waals surface area contributed by atoms with Crippen LogP contribution in [0, 0.1) is 0 Å². The molecule has 8 atom stereocenters. The van der Waals surface area contributed by atoms with Crippen LogP contribution in [0.5, 0.6) is 23.0 Å². The van der Waals surface area contributed by atoms with Gasteiger partial charge in [-0.1, -0.05) is 48.5 Å². The fraction of sp³-hybridized carbons (Fsp3) is 0.361. The number of aromatic hydroxyl groups is 4. The van der Waals surface area contributed by atoms with E-state index in [1.165, 1.54) is 12.4 Å². The number of aliphatic imine (C=N–C) groups is 2. The van der Waals surface area contributed by atoms with Gasteiger partial charge in [0.1, 0.15) is 53.5 Å². The largest absolute Gasteiger partial charge is 0.507 e. The van der Waals surface area contributed by atoms with Crippen molar-refractivity contribution in [2.24, 2.45) is 9.98 Å². The predicted octanol–water partition coefficient (Wildman–Crippen LogP) is 0.805. The highest BCUT2D eigenvalue weighted by molar-refractivity contribution is 6.05. The lowest BCUT2D eigenvalue weighted by Crippen LogP contribution is -2.61. The zero-order chi connectivity index (χ0) is 37.5. The summed E-state index contributed by atoms with van der Waals surface area (Å²) in [6.45, 7) is -1.22. The first kappa shape index (κ1) is 38.3. The van der Waals surface area contributed by atoms with E-state index in [0.717, 1.165) is 19.1 Å². The molecule has 52 heavy (non-hydrogen) atoms. The van der Waals surface area contributed by atoms with Crippen LogP contribution < -0.4 is 0 Å². The highest BCUT2D eigenvalue weighted by Gasteiger charge is 2.48. The second-order valence-corrected chi connectivity index (χ2v) is 12.0. The lowest BCUT2D eigenvalue weighted by atomic mass is 9.99. The number of hydrogen-bond donors (Lipinski definition) is 9. The summed E-state index contributed by atoms with van der Waals surface area (Å²) in [7, 11) is 0. The van der Waals surface area contributed by atoms with Crippen molar-refractivity contribution in [3.05, 3.63) is 71.8 Å². The molecule has 1 saturated heterocycles. The molecule has 0 spiro atoms. The van der Waals surface area contributed by atoms with E-state index in [0.29, 0.717) is 21.5 Å². The Bertz CT molecular complexity index is 1920. The van der Waals surface area contributed by atoms with Gasteiger partial charge >= 0.3 is 5.97 Å². The molecule has 16 nitrogen and oxygen atoms in total. The van der Waals surface area contributed by atoms with Crippen LogP contribution in [0.1, 0.15) is 18.1 Å². The number of rotatable bonds is 14. The number of benzene rings is 4. The second-order valence-electron chi connectivity index (χ2n) is 12.0. The third-order valence-corrected chi connectivity index (χ3v) is 8.43. The number of phenolic OH excluding ortho intramolecular Hbond substituents is 4. The molecule has 16 heteroatoms. The first-order chi connectivity index (χ1) is 24.9. The zero-order valence-electron chi connectivity index (χ0n) is 27.8. The summed E-state index contributed by atoms with van der Waals surface area (Å²) in [6.07, 6.45) is -9.85. The lowest BCUT2D eigenvalue weighted by Gasteiger charge is -2.42. The molecule has 0 saturated carbocycles. The van der Waals surface area contributed by atoms with Gasteiger partial charge in [0, 0.05) is 53.4 Å². The highest BCUT2D eigenvalue weighted by Crippen LogP contribution is 2.35. The molecule has 0 unspecified atom stereocenters. The molecule has 0 bridgehead atoms. The minimum atomic E-state index is -1.79. The molecule has 5 rings (SSSR count). The highest BCUT2D eigenvalue weighted by atomic mass is 16.7. The van der Waals surface area contributed by atoms with Crippen LogP contribution in [0.25, 0.3) is 21.5 Å². The predicted molar refractivity (Wildman–Crippen MR) is 186 cm³/mol. The zero-order valence-corrected chi connectivity index (χ0v) is 27.8. The molecular weight excluding hydrogens is 684 g/mol. The number of nitrogens with zero attached hydrogens (tertiary/aromatic N) is 2. The van der Waals surface area contributed by atoms with Gasteiger partial charge in [-0.15, -0.1) is 0 Å². The topological polar surface area (TPSA) is 261 Å². The van der Waals surface area contributed by atoms with Crippen molar-refractivity contribution in [1.82, 2.24) is 0 Å². The van der Waals surface area contributed by atoms with Crippen molar-refractivity contribution in [2.75, 3.05) is 26.3 Å². The average molecular weight is 725 g/mol. The van der Waals surface area contributed by atoms with Gasteiger partial charge < -0.3 is 64.9 Å². The van der Waals surface area contributed by atoms with Crippen molar-refractivity contribution in [3.63, 3.8) is 0 Å². The monoisotopic (exact) mass is 724 g/mol. The van der Waals surface area contributed by atoms with E-state index in [-0.39, 0.29) is 40.7 Å². The Hall–Kier alpha value is -4.91. The van der Waals surface area contributed by atoms with Crippen LogP contribution >= 0.6 is 0 Å². The Balaban J connectivity index is 1.39. The van der Waals surface area contributed by atoms with Crippen LogP contribution in [-0.4, -0.2) is 140 Å². The molecule has 0 aromatic heterocycles. The fourth-order valence-electron chi connectivity index (χ4n) is 5.89. The summed E-state index contributed by atoms with van der Waals surface area (Å²) in [5, 5.41) is 95.9. The molecule has 1 aliphatic rings. The van der Waals surface area contributed by atoms with Crippen LogP contribution in [0.4, 0.5) is 0 Å². The first-order valence-electron chi connectivity index (χ1n) is 16.2. The molecule has 1 heterocycles. The van der Waals surface area contributed by atoms with E-state index in [1.807, 2.05) is 0 Å². The average Bonchev–Trinajstić information content (AvgIpc) is 3.12. The maximum absolute atomic E-state index is 11.7. The standard InChI is InChI=1S/C36H40N2O14/c1-18(41)49-35-33(47)31(17-40)52-36(34(35)48)51-29(14-37-12-23-19-6-2-4-8-21(19)25(42)10-27(23)44)30(16-39)50-32(46)15-38-13-24-20-7-3-5-9-22(20)26(43)11-28(24)45/h2-13,29-36,39-40,42-48H,14-17H2,1H3/t29-,30-,31+,32+,33+,34+,35-,36+/m1/s1. The van der Waals surface area contributed by atoms with Gasteiger partial charge in [-0.3, -0.25) is 14.8 Å². The molecule has 0 radical (unpaired) electrons. The Morgan fingerprint density at radius 3 is 1.81 bits per heavy atom. The number of aliphatic hydroxyl groups excluding tert-OH is 5. The van der Waals surface area contributed by atoms with E-state index >= 15 is 0 Å². The fourth-order valence-corrected chi connectivity index (χ4v) is 5.89. The number of esters is 1. The minimum Gasteiger partial charge on any atom is -0.507 e. The number of carbonyl (C=O) groups excluding carboxylic acids is 1. The summed E-state index contributed by atoms with van der Waals surface area (Å²) in [6, 6.07) is 15.8. The summed E-state index contributed by atoms with van der Waals surface area (Å²) >= 11 is 0. The number of phenols is 4. The summed E-state index contributed by atoms with van der Waals surface area (Å²) < 4.78 is 22.3. The molecular formula is C36H40N2O14. The number of ether oxygens (including phenoxy) is 4. The summed E-state index contributed by atoms with van der Waals surface area (Å²) in [5.41, 5.74) is 0.506. The minimum absolute atomic E-state index is 0.132. The first-order valence-corrected chi connectivity index (χ1v) is 16.2. The maximum atomic E-state index is 11.7. The van der Waals surface area contributed by atoms with Gasteiger partial charge in [-0.05, 0) is 10.8 Å². The molecule has 1 aliphatic heterocycles. The van der Waals surface area contributed by atoms with Gasteiger partial charge in [0.15, 0.2) is 18.7 Å². The van der Waals surface area contributed by atoms with Crippen LogP contribution in [-0.2, 0) is 23.7 Å². The molecule has 4 aromatic rings. The summed E-state index contributed by atoms with van der Waals surface area (Å²) in [5.74, 6) is -1.67. The van der Waals surface area contributed by atoms with E-state index in [9.17, 15) is 50.8 Å². The van der Waals surface area contributed by atoms with Crippen molar-refractivity contribution in [2.45, 2.75) is 56.1 Å². The van der Waals surface area contributed by atoms with Crippen LogP contribution in [0.2, 0.25) is 0 Å². The quantitative estimate of drug-likeness (QED) is 0.0495. The number of fused-ring (bicyclic) bond motifs is 2. The van der Waals surface area contributed by atoms with Gasteiger partial charge in [0.2, 0.25) is 0 Å².